The quantitative estimate of drug-likeness (QED) is 0.544. The van der Waals surface area contributed by atoms with E-state index in [4.69, 9.17) is 14.6 Å². The van der Waals surface area contributed by atoms with E-state index in [1.807, 2.05) is 0 Å². The number of carbonyl (C=O) groups is 3. The summed E-state index contributed by atoms with van der Waals surface area (Å²) in [7, 11) is 0. The van der Waals surface area contributed by atoms with Crippen molar-refractivity contribution in [2.24, 2.45) is 0 Å². The fraction of sp³-hybridized carbons (Fsp3) is 0.364. The molecule has 1 N–H and O–H groups in total. The van der Waals surface area contributed by atoms with Gasteiger partial charge in [-0.15, -0.1) is 0 Å². The van der Waals surface area contributed by atoms with Crippen molar-refractivity contribution >= 4 is 17.9 Å². The summed E-state index contributed by atoms with van der Waals surface area (Å²) < 4.78 is 9.47. The van der Waals surface area contributed by atoms with E-state index in [1.165, 1.54) is 13.8 Å². The molecule has 0 aromatic rings. The van der Waals surface area contributed by atoms with Gasteiger partial charge in [-0.25, -0.2) is 14.4 Å². The highest BCUT2D eigenvalue weighted by Crippen LogP contribution is 1.98. The van der Waals surface area contributed by atoms with Gasteiger partial charge in [-0.05, 0) is 13.8 Å². The normalized spacial score (nSPS) is 11.9. The van der Waals surface area contributed by atoms with Crippen LogP contribution in [0.5, 0.6) is 0 Å². The molecule has 0 aliphatic carbocycles. The molecular formula is C11H14O6. The number of ether oxygens (including phenoxy) is 2. The van der Waals surface area contributed by atoms with Gasteiger partial charge in [0.05, 0.1) is 0 Å². The Hall–Kier alpha value is -2.11. The Bertz CT molecular complexity index is 355. The van der Waals surface area contributed by atoms with E-state index in [0.29, 0.717) is 6.08 Å². The molecule has 0 radical (unpaired) electrons. The van der Waals surface area contributed by atoms with Crippen molar-refractivity contribution in [3.05, 3.63) is 24.3 Å². The first-order chi connectivity index (χ1) is 7.82. The van der Waals surface area contributed by atoms with Gasteiger partial charge in [-0.2, -0.15) is 0 Å². The number of carboxylic acids is 1. The lowest BCUT2D eigenvalue weighted by Crippen LogP contribution is -2.21. The number of carboxylic acid groups (broad SMARTS) is 1. The number of carbonyl (C=O) groups excluding carboxylic acids is 2. The topological polar surface area (TPSA) is 89.9 Å². The number of hydrogen-bond donors (Lipinski definition) is 1. The standard InChI is InChI=1S/C11H14O6/c1-7(2)11(15)16-6-8(3)17-10(14)5-4-9(12)13/h4-5,8H,1,6H2,2-3H3,(H,12,13). The molecule has 0 aliphatic rings. The third-order valence-electron chi connectivity index (χ3n) is 1.48. The third-order valence-corrected chi connectivity index (χ3v) is 1.48. The average molecular weight is 242 g/mol. The molecule has 0 aromatic heterocycles. The summed E-state index contributed by atoms with van der Waals surface area (Å²) in [5.41, 5.74) is 0.245. The molecule has 0 fully saturated rings. The zero-order valence-electron chi connectivity index (χ0n) is 9.63. The van der Waals surface area contributed by atoms with Crippen molar-refractivity contribution in [2.75, 3.05) is 6.61 Å². The Labute approximate surface area is 98.5 Å². The van der Waals surface area contributed by atoms with Gasteiger partial charge in [0, 0.05) is 17.7 Å². The van der Waals surface area contributed by atoms with Gasteiger partial charge in [-0.3, -0.25) is 0 Å². The molecule has 1 atom stereocenters. The second kappa shape index (κ2) is 7.21. The van der Waals surface area contributed by atoms with E-state index >= 15 is 0 Å². The van der Waals surface area contributed by atoms with Crippen LogP contribution in [0.15, 0.2) is 24.3 Å². The second-order valence-electron chi connectivity index (χ2n) is 3.30. The van der Waals surface area contributed by atoms with Crippen LogP contribution in [0.4, 0.5) is 0 Å². The molecule has 0 bridgehead atoms. The highest BCUT2D eigenvalue weighted by molar-refractivity contribution is 5.90. The molecular weight excluding hydrogens is 228 g/mol. The molecule has 0 aromatic carbocycles. The first-order valence-electron chi connectivity index (χ1n) is 4.77. The predicted octanol–water partition coefficient (Wildman–Crippen LogP) is 0.678. The van der Waals surface area contributed by atoms with Gasteiger partial charge in [0.15, 0.2) is 0 Å². The zero-order chi connectivity index (χ0) is 13.4. The van der Waals surface area contributed by atoms with Crippen LogP contribution in [0.2, 0.25) is 0 Å². The summed E-state index contributed by atoms with van der Waals surface area (Å²) in [5, 5.41) is 8.26. The molecule has 0 rings (SSSR count). The Balaban J connectivity index is 3.98. The van der Waals surface area contributed by atoms with E-state index < -0.39 is 24.0 Å². The Morgan fingerprint density at radius 3 is 2.41 bits per heavy atom. The van der Waals surface area contributed by atoms with E-state index in [9.17, 15) is 14.4 Å². The lowest BCUT2D eigenvalue weighted by molar-refractivity contribution is -0.152. The van der Waals surface area contributed by atoms with E-state index in [2.05, 4.69) is 6.58 Å². The van der Waals surface area contributed by atoms with Crippen molar-refractivity contribution in [1.29, 1.82) is 0 Å². The smallest absolute Gasteiger partial charge is 0.333 e. The molecule has 1 unspecified atom stereocenters. The molecule has 0 saturated carbocycles. The van der Waals surface area contributed by atoms with Crippen LogP contribution in [0, 0.1) is 0 Å². The van der Waals surface area contributed by atoms with Crippen LogP contribution >= 0.6 is 0 Å². The molecule has 6 heteroatoms. The maximum atomic E-state index is 11.0. The first-order valence-corrected chi connectivity index (χ1v) is 4.77. The second-order valence-corrected chi connectivity index (χ2v) is 3.30. The van der Waals surface area contributed by atoms with Gasteiger partial charge in [0.1, 0.15) is 12.7 Å². The minimum atomic E-state index is -1.25. The molecule has 17 heavy (non-hydrogen) atoms. The van der Waals surface area contributed by atoms with Gasteiger partial charge < -0.3 is 14.6 Å². The van der Waals surface area contributed by atoms with Crippen LogP contribution in [-0.4, -0.2) is 35.7 Å². The first kappa shape index (κ1) is 14.9. The Morgan fingerprint density at radius 1 is 1.35 bits per heavy atom. The summed E-state index contributed by atoms with van der Waals surface area (Å²) in [6.07, 6.45) is 0.776. The van der Waals surface area contributed by atoms with Crippen molar-refractivity contribution in [3.63, 3.8) is 0 Å². The Morgan fingerprint density at radius 2 is 1.94 bits per heavy atom. The van der Waals surface area contributed by atoms with Crippen molar-refractivity contribution in [1.82, 2.24) is 0 Å². The van der Waals surface area contributed by atoms with Crippen LogP contribution < -0.4 is 0 Å². The molecule has 6 nitrogen and oxygen atoms in total. The number of esters is 2. The molecule has 0 amide bonds. The SMILES string of the molecule is C=C(C)C(=O)OCC(C)OC(=O)C=CC(=O)O. The number of hydrogen-bond acceptors (Lipinski definition) is 5. The van der Waals surface area contributed by atoms with E-state index in [1.54, 1.807) is 0 Å². The largest absolute Gasteiger partial charge is 0.478 e. The lowest BCUT2D eigenvalue weighted by Gasteiger charge is -2.12. The predicted molar refractivity (Wildman–Crippen MR) is 58.1 cm³/mol. The fourth-order valence-corrected chi connectivity index (χ4v) is 0.727. The number of rotatable bonds is 6. The third kappa shape index (κ3) is 7.78. The van der Waals surface area contributed by atoms with Gasteiger partial charge in [0.25, 0.3) is 0 Å². The molecule has 0 saturated heterocycles. The number of aliphatic carboxylic acids is 1. The summed E-state index contributed by atoms with van der Waals surface area (Å²) in [6.45, 7) is 6.28. The van der Waals surface area contributed by atoms with Crippen molar-refractivity contribution in [2.45, 2.75) is 20.0 Å². The van der Waals surface area contributed by atoms with Gasteiger partial charge in [-0.1, -0.05) is 6.58 Å². The summed E-state index contributed by atoms with van der Waals surface area (Å²) in [6, 6.07) is 0. The minimum absolute atomic E-state index is 0.113. The van der Waals surface area contributed by atoms with Gasteiger partial charge >= 0.3 is 17.9 Å². The zero-order valence-corrected chi connectivity index (χ0v) is 9.63. The Kier molecular flexibility index (Phi) is 6.32. The highest BCUT2D eigenvalue weighted by atomic mass is 16.6. The molecule has 94 valence electrons. The van der Waals surface area contributed by atoms with Crippen LogP contribution in [0.1, 0.15) is 13.8 Å². The van der Waals surface area contributed by atoms with Crippen molar-refractivity contribution < 1.29 is 29.0 Å². The average Bonchev–Trinajstić information content (AvgIpc) is 2.22. The molecule has 0 aliphatic heterocycles. The summed E-state index contributed by atoms with van der Waals surface area (Å²) in [4.78, 5) is 32.1. The van der Waals surface area contributed by atoms with Crippen LogP contribution in [0.25, 0.3) is 0 Å². The van der Waals surface area contributed by atoms with Crippen LogP contribution in [-0.2, 0) is 23.9 Å². The minimum Gasteiger partial charge on any atom is -0.478 e. The maximum absolute atomic E-state index is 11.0. The fourth-order valence-electron chi connectivity index (χ4n) is 0.727. The van der Waals surface area contributed by atoms with Crippen LogP contribution in [0.3, 0.4) is 0 Å². The summed E-state index contributed by atoms with van der Waals surface area (Å²) in [5.74, 6) is -2.64. The monoisotopic (exact) mass is 242 g/mol. The molecule has 0 heterocycles. The van der Waals surface area contributed by atoms with Gasteiger partial charge in [0.2, 0.25) is 0 Å². The van der Waals surface area contributed by atoms with E-state index in [-0.39, 0.29) is 12.2 Å². The highest BCUT2D eigenvalue weighted by Gasteiger charge is 2.10. The van der Waals surface area contributed by atoms with E-state index in [0.717, 1.165) is 6.08 Å². The molecule has 0 spiro atoms. The summed E-state index contributed by atoms with van der Waals surface area (Å²) >= 11 is 0. The maximum Gasteiger partial charge on any atom is 0.333 e. The lowest BCUT2D eigenvalue weighted by atomic mass is 10.3. The van der Waals surface area contributed by atoms with Crippen molar-refractivity contribution in [3.8, 4) is 0 Å².